The second kappa shape index (κ2) is 41.1. The van der Waals surface area contributed by atoms with Gasteiger partial charge in [0.25, 0.3) is 0 Å². The first-order valence-corrected chi connectivity index (χ1v) is 25.9. The van der Waals surface area contributed by atoms with Crippen molar-refractivity contribution in [1.82, 2.24) is 0 Å². The Hall–Kier alpha value is -1.25. The van der Waals surface area contributed by atoms with Gasteiger partial charge in [-0.1, -0.05) is 193 Å². The molecule has 0 saturated heterocycles. The molecule has 1 N–H and O–H groups in total. The maximum atomic E-state index is 12.7. The minimum atomic E-state index is -4.38. The van der Waals surface area contributed by atoms with Crippen molar-refractivity contribution >= 4 is 19.8 Å². The van der Waals surface area contributed by atoms with Crippen molar-refractivity contribution in [2.24, 2.45) is 0 Å². The lowest BCUT2D eigenvalue weighted by atomic mass is 10.0. The Morgan fingerprint density at radius 3 is 1.29 bits per heavy atom. The fourth-order valence-electron chi connectivity index (χ4n) is 6.95. The maximum absolute atomic E-state index is 12.7. The number of likely N-dealkylation sites (N-methyl/N-ethyl adjacent to an activating group) is 1. The van der Waals surface area contributed by atoms with E-state index in [0.717, 1.165) is 44.9 Å². The molecule has 0 aromatic carbocycles. The second-order valence-corrected chi connectivity index (χ2v) is 19.3. The molecule has 0 aliphatic carbocycles. The number of carbonyl (C=O) groups is 2. The summed E-state index contributed by atoms with van der Waals surface area (Å²) in [4.78, 5) is 35.4. The Balaban J connectivity index is 4.26. The van der Waals surface area contributed by atoms with Crippen molar-refractivity contribution < 1.29 is 42.1 Å². The van der Waals surface area contributed by atoms with E-state index in [-0.39, 0.29) is 25.6 Å². The van der Waals surface area contributed by atoms with Crippen LogP contribution in [-0.2, 0) is 32.7 Å². The Bertz CT molecular complexity index is 1000. The monoisotopic (exact) mass is 845 g/mol. The van der Waals surface area contributed by atoms with Crippen LogP contribution in [0.1, 0.15) is 232 Å². The third-order valence-electron chi connectivity index (χ3n) is 10.8. The fourth-order valence-corrected chi connectivity index (χ4v) is 7.69. The summed E-state index contributed by atoms with van der Waals surface area (Å²) in [6.07, 6.45) is 44.0. The van der Waals surface area contributed by atoms with Gasteiger partial charge < -0.3 is 18.9 Å². The van der Waals surface area contributed by atoms with Crippen LogP contribution in [-0.4, -0.2) is 74.9 Å². The normalized spacial score (nSPS) is 13.6. The van der Waals surface area contributed by atoms with E-state index in [1.807, 2.05) is 21.1 Å². The highest BCUT2D eigenvalue weighted by molar-refractivity contribution is 7.47. The van der Waals surface area contributed by atoms with E-state index in [0.29, 0.717) is 23.9 Å². The van der Waals surface area contributed by atoms with Crippen molar-refractivity contribution in [3.05, 3.63) is 12.2 Å². The number of ether oxygens (including phenoxy) is 2. The van der Waals surface area contributed by atoms with Gasteiger partial charge in [0.15, 0.2) is 6.10 Å². The lowest BCUT2D eigenvalue weighted by Crippen LogP contribution is -2.37. The lowest BCUT2D eigenvalue weighted by molar-refractivity contribution is -0.870. The molecule has 0 heterocycles. The van der Waals surface area contributed by atoms with Crippen molar-refractivity contribution in [2.45, 2.75) is 238 Å². The SMILES string of the molecule is CCCCCCCCCC/C=C/CCCCCC(=O)O[C@H](COC(=O)CCCCCCCCCCCCCCCCCCCCC)COP(=O)(O)OCC[N+](C)(C)C. The Kier molecular flexibility index (Phi) is 40.2. The Morgan fingerprint density at radius 1 is 0.517 bits per heavy atom. The van der Waals surface area contributed by atoms with E-state index in [1.165, 1.54) is 154 Å². The Morgan fingerprint density at radius 2 is 0.879 bits per heavy atom. The first-order chi connectivity index (χ1) is 28.0. The quantitative estimate of drug-likeness (QED) is 0.0212. The van der Waals surface area contributed by atoms with E-state index >= 15 is 0 Å². The number of hydrogen-bond donors (Lipinski definition) is 1. The highest BCUT2D eigenvalue weighted by atomic mass is 31.2. The summed E-state index contributed by atoms with van der Waals surface area (Å²) >= 11 is 0. The summed E-state index contributed by atoms with van der Waals surface area (Å²) in [5.41, 5.74) is 0. The van der Waals surface area contributed by atoms with Gasteiger partial charge in [0.2, 0.25) is 0 Å². The van der Waals surface area contributed by atoms with E-state index < -0.39 is 26.5 Å². The minimum absolute atomic E-state index is 0.0323. The molecule has 0 rings (SSSR count). The third kappa shape index (κ3) is 44.3. The summed E-state index contributed by atoms with van der Waals surface area (Å²) in [6.45, 7) is 4.44. The molecule has 0 fully saturated rings. The van der Waals surface area contributed by atoms with E-state index in [2.05, 4.69) is 26.0 Å². The molecule has 0 saturated carbocycles. The molecule has 0 amide bonds. The average Bonchev–Trinajstić information content (AvgIpc) is 3.17. The van der Waals surface area contributed by atoms with Gasteiger partial charge >= 0.3 is 19.8 Å². The smallest absolute Gasteiger partial charge is 0.462 e. The van der Waals surface area contributed by atoms with Crippen LogP contribution in [0, 0.1) is 0 Å². The number of rotatable bonds is 45. The van der Waals surface area contributed by atoms with Gasteiger partial charge in [-0.2, -0.15) is 0 Å². The molecule has 1 unspecified atom stereocenters. The Labute approximate surface area is 358 Å². The summed E-state index contributed by atoms with van der Waals surface area (Å²) in [6, 6.07) is 0. The van der Waals surface area contributed by atoms with Crippen LogP contribution in [0.2, 0.25) is 0 Å². The fraction of sp³-hybridized carbons (Fsp3) is 0.917. The zero-order chi connectivity index (χ0) is 42.8. The van der Waals surface area contributed by atoms with Gasteiger partial charge in [0.1, 0.15) is 19.8 Å². The molecule has 0 aliphatic rings. The van der Waals surface area contributed by atoms with Crippen LogP contribution in [0.15, 0.2) is 12.2 Å². The van der Waals surface area contributed by atoms with Crippen LogP contribution in [0.3, 0.4) is 0 Å². The van der Waals surface area contributed by atoms with Crippen molar-refractivity contribution in [2.75, 3.05) is 47.5 Å². The molecule has 0 aliphatic heterocycles. The number of esters is 2. The van der Waals surface area contributed by atoms with Gasteiger partial charge in [-0.15, -0.1) is 0 Å². The number of quaternary nitrogens is 1. The molecule has 344 valence electrons. The molecule has 10 heteroatoms. The van der Waals surface area contributed by atoms with Gasteiger partial charge in [-0.05, 0) is 38.5 Å². The zero-order valence-corrected chi connectivity index (χ0v) is 39.7. The van der Waals surface area contributed by atoms with Crippen LogP contribution in [0.5, 0.6) is 0 Å². The number of unbranched alkanes of at least 4 members (excludes halogenated alkanes) is 29. The highest BCUT2D eigenvalue weighted by Crippen LogP contribution is 2.43. The zero-order valence-electron chi connectivity index (χ0n) is 38.8. The van der Waals surface area contributed by atoms with E-state index in [4.69, 9.17) is 18.5 Å². The molecular weight excluding hydrogens is 750 g/mol. The van der Waals surface area contributed by atoms with Crippen molar-refractivity contribution in [3.63, 3.8) is 0 Å². The molecule has 0 radical (unpaired) electrons. The average molecular weight is 845 g/mol. The lowest BCUT2D eigenvalue weighted by Gasteiger charge is -2.24. The molecule has 2 atom stereocenters. The predicted molar refractivity (Wildman–Crippen MR) is 243 cm³/mol. The summed E-state index contributed by atoms with van der Waals surface area (Å²) in [5.74, 6) is -0.803. The van der Waals surface area contributed by atoms with Crippen molar-refractivity contribution in [3.8, 4) is 0 Å². The topological polar surface area (TPSA) is 108 Å². The second-order valence-electron chi connectivity index (χ2n) is 17.9. The summed E-state index contributed by atoms with van der Waals surface area (Å²) in [5, 5.41) is 0. The summed E-state index contributed by atoms with van der Waals surface area (Å²) < 4.78 is 34.4. The van der Waals surface area contributed by atoms with Gasteiger partial charge in [0.05, 0.1) is 27.7 Å². The van der Waals surface area contributed by atoms with Crippen LogP contribution >= 0.6 is 7.82 Å². The largest absolute Gasteiger partial charge is 0.472 e. The minimum Gasteiger partial charge on any atom is -0.462 e. The van der Waals surface area contributed by atoms with Crippen LogP contribution in [0.4, 0.5) is 0 Å². The third-order valence-corrected chi connectivity index (χ3v) is 11.8. The van der Waals surface area contributed by atoms with Gasteiger partial charge in [-0.3, -0.25) is 18.6 Å². The number of allylic oxidation sites excluding steroid dienone is 2. The first-order valence-electron chi connectivity index (χ1n) is 24.4. The standard InChI is InChI=1S/C48H94NO8P/c1-6-8-10-12-14-16-18-20-22-23-24-25-27-28-30-32-34-36-38-40-47(50)54-44-46(45-56-58(52,53)55-43-42-49(3,4)5)57-48(51)41-39-37-35-33-31-29-26-21-19-17-15-13-11-9-7-2/h29,31,46H,6-28,30,32-45H2,1-5H3/p+1/b31-29+/t46-/m1/s1. The molecule has 0 aromatic heterocycles. The summed E-state index contributed by atoms with van der Waals surface area (Å²) in [7, 11) is 1.48. The highest BCUT2D eigenvalue weighted by Gasteiger charge is 2.27. The molecule has 9 nitrogen and oxygen atoms in total. The van der Waals surface area contributed by atoms with Gasteiger partial charge in [0, 0.05) is 12.8 Å². The molecule has 0 bridgehead atoms. The van der Waals surface area contributed by atoms with Crippen molar-refractivity contribution in [1.29, 1.82) is 0 Å². The molecule has 58 heavy (non-hydrogen) atoms. The number of hydrogen-bond acceptors (Lipinski definition) is 7. The first kappa shape index (κ1) is 56.8. The maximum Gasteiger partial charge on any atom is 0.472 e. The molecular formula is C48H95NO8P+. The predicted octanol–water partition coefficient (Wildman–Crippen LogP) is 14.1. The number of phosphoric acid groups is 1. The number of nitrogens with zero attached hydrogens (tertiary/aromatic N) is 1. The molecule has 0 spiro atoms. The number of carbonyl (C=O) groups excluding carboxylic acids is 2. The van der Waals surface area contributed by atoms with Gasteiger partial charge in [-0.25, -0.2) is 4.57 Å². The van der Waals surface area contributed by atoms with Crippen LogP contribution in [0.25, 0.3) is 0 Å². The van der Waals surface area contributed by atoms with E-state index in [9.17, 15) is 19.0 Å². The molecule has 0 aromatic rings. The van der Waals surface area contributed by atoms with Crippen LogP contribution < -0.4 is 0 Å². The number of phosphoric ester groups is 1. The van der Waals surface area contributed by atoms with E-state index in [1.54, 1.807) is 0 Å².